The molecule has 110 valence electrons. The maximum absolute atomic E-state index is 11.3. The number of rotatable bonds is 10. The molecule has 4 N–H and O–H groups in total. The van der Waals surface area contributed by atoms with E-state index in [1.54, 1.807) is 0 Å². The largest absolute Gasteiger partial charge is 0.481 e. The predicted octanol–water partition coefficient (Wildman–Crippen LogP) is -0.627. The molecule has 8 heteroatoms. The molecular formula is C11H18O8. The third-order valence-electron chi connectivity index (χ3n) is 2.34. The van der Waals surface area contributed by atoms with Crippen LogP contribution in [0.2, 0.25) is 0 Å². The number of unbranched alkanes of at least 4 members (excludes halogenated alkanes) is 2. The molecule has 0 radical (unpaired) electrons. The average Bonchev–Trinajstić information content (AvgIpc) is 2.27. The van der Waals surface area contributed by atoms with Gasteiger partial charge in [-0.05, 0) is 19.3 Å². The van der Waals surface area contributed by atoms with E-state index in [9.17, 15) is 19.5 Å². The highest BCUT2D eigenvalue weighted by Crippen LogP contribution is 2.17. The molecule has 0 amide bonds. The van der Waals surface area contributed by atoms with Crippen LogP contribution in [0.1, 0.15) is 32.1 Å². The molecule has 0 saturated heterocycles. The summed E-state index contributed by atoms with van der Waals surface area (Å²) < 4.78 is 4.68. The number of carboxylic acid groups (broad SMARTS) is 2. The van der Waals surface area contributed by atoms with Gasteiger partial charge in [0.1, 0.15) is 0 Å². The summed E-state index contributed by atoms with van der Waals surface area (Å²) >= 11 is 0. The van der Waals surface area contributed by atoms with Crippen LogP contribution in [0, 0.1) is 0 Å². The first-order valence-corrected chi connectivity index (χ1v) is 5.76. The smallest absolute Gasteiger partial charge is 0.336 e. The van der Waals surface area contributed by atoms with Gasteiger partial charge in [-0.3, -0.25) is 9.59 Å². The standard InChI is InChI=1S/C11H18O8/c12-4-2-1-3-5-19-9(15)7-11(18,10(16)17)6-8(13)14/h12,18H,1-7H2,(H,13,14)(H,16,17). The Bertz CT molecular complexity index is 327. The highest BCUT2D eigenvalue weighted by molar-refractivity contribution is 5.88. The van der Waals surface area contributed by atoms with Crippen molar-refractivity contribution in [3.63, 3.8) is 0 Å². The van der Waals surface area contributed by atoms with Crippen molar-refractivity contribution in [3.8, 4) is 0 Å². The topological polar surface area (TPSA) is 141 Å². The number of esters is 1. The first kappa shape index (κ1) is 17.3. The zero-order valence-corrected chi connectivity index (χ0v) is 10.4. The lowest BCUT2D eigenvalue weighted by atomic mass is 9.96. The fourth-order valence-corrected chi connectivity index (χ4v) is 1.33. The van der Waals surface area contributed by atoms with Crippen molar-refractivity contribution >= 4 is 17.9 Å². The Balaban J connectivity index is 4.18. The number of aliphatic carboxylic acids is 2. The van der Waals surface area contributed by atoms with Gasteiger partial charge in [0.25, 0.3) is 0 Å². The minimum atomic E-state index is -2.66. The van der Waals surface area contributed by atoms with Crippen LogP contribution in [-0.4, -0.2) is 57.1 Å². The molecule has 0 aromatic carbocycles. The number of carbonyl (C=O) groups excluding carboxylic acids is 1. The van der Waals surface area contributed by atoms with E-state index in [2.05, 4.69) is 4.74 Å². The maximum atomic E-state index is 11.3. The Morgan fingerprint density at radius 2 is 1.63 bits per heavy atom. The molecule has 0 aromatic rings. The number of carbonyl (C=O) groups is 3. The van der Waals surface area contributed by atoms with Crippen molar-refractivity contribution in [2.24, 2.45) is 0 Å². The van der Waals surface area contributed by atoms with Crippen molar-refractivity contribution in [3.05, 3.63) is 0 Å². The number of aliphatic hydroxyl groups excluding tert-OH is 1. The fourth-order valence-electron chi connectivity index (χ4n) is 1.33. The SMILES string of the molecule is O=C(O)CC(O)(CC(=O)OCCCCCO)C(=O)O. The third kappa shape index (κ3) is 7.37. The quantitative estimate of drug-likeness (QED) is 0.306. The lowest BCUT2D eigenvalue weighted by Crippen LogP contribution is -2.43. The molecule has 0 heterocycles. The second-order valence-corrected chi connectivity index (χ2v) is 4.09. The van der Waals surface area contributed by atoms with Crippen LogP contribution >= 0.6 is 0 Å². The monoisotopic (exact) mass is 278 g/mol. The number of carboxylic acids is 2. The van der Waals surface area contributed by atoms with Crippen LogP contribution in [-0.2, 0) is 19.1 Å². The van der Waals surface area contributed by atoms with Crippen LogP contribution in [0.25, 0.3) is 0 Å². The van der Waals surface area contributed by atoms with Gasteiger partial charge < -0.3 is 25.2 Å². The molecule has 1 unspecified atom stereocenters. The maximum Gasteiger partial charge on any atom is 0.336 e. The van der Waals surface area contributed by atoms with E-state index < -0.39 is 36.4 Å². The number of hydrogen-bond acceptors (Lipinski definition) is 6. The minimum Gasteiger partial charge on any atom is -0.481 e. The first-order chi connectivity index (χ1) is 8.81. The van der Waals surface area contributed by atoms with E-state index in [1.165, 1.54) is 0 Å². The van der Waals surface area contributed by atoms with E-state index in [-0.39, 0.29) is 13.2 Å². The molecule has 0 bridgehead atoms. The molecule has 0 spiro atoms. The van der Waals surface area contributed by atoms with E-state index in [0.717, 1.165) is 0 Å². The van der Waals surface area contributed by atoms with Gasteiger partial charge in [0.15, 0.2) is 5.60 Å². The highest BCUT2D eigenvalue weighted by Gasteiger charge is 2.41. The fraction of sp³-hybridized carbons (Fsp3) is 0.727. The lowest BCUT2D eigenvalue weighted by Gasteiger charge is -2.20. The van der Waals surface area contributed by atoms with Crippen molar-refractivity contribution in [1.82, 2.24) is 0 Å². The summed E-state index contributed by atoms with van der Waals surface area (Å²) in [6.45, 7) is 0.0624. The van der Waals surface area contributed by atoms with Crippen LogP contribution in [0.3, 0.4) is 0 Å². The summed E-state index contributed by atoms with van der Waals surface area (Å²) in [4.78, 5) is 32.5. The molecule has 0 aliphatic heterocycles. The van der Waals surface area contributed by atoms with Gasteiger partial charge in [-0.15, -0.1) is 0 Å². The Hall–Kier alpha value is -1.67. The third-order valence-corrected chi connectivity index (χ3v) is 2.34. The van der Waals surface area contributed by atoms with Gasteiger partial charge in [0.2, 0.25) is 0 Å². The molecule has 0 aliphatic carbocycles. The average molecular weight is 278 g/mol. The van der Waals surface area contributed by atoms with Crippen LogP contribution in [0.4, 0.5) is 0 Å². The Labute approximate surface area is 109 Å². The predicted molar refractivity (Wildman–Crippen MR) is 61.4 cm³/mol. The molecule has 0 aliphatic rings. The summed E-state index contributed by atoms with van der Waals surface area (Å²) in [6, 6.07) is 0. The summed E-state index contributed by atoms with van der Waals surface area (Å²) in [7, 11) is 0. The zero-order chi connectivity index (χ0) is 14.9. The van der Waals surface area contributed by atoms with Gasteiger partial charge in [-0.1, -0.05) is 0 Å². The summed E-state index contributed by atoms with van der Waals surface area (Å²) in [5, 5.41) is 35.3. The summed E-state index contributed by atoms with van der Waals surface area (Å²) in [6.07, 6.45) is -0.301. The number of ether oxygens (including phenoxy) is 1. The minimum absolute atomic E-state index is 0.0294. The number of aliphatic hydroxyl groups is 2. The Morgan fingerprint density at radius 3 is 2.11 bits per heavy atom. The van der Waals surface area contributed by atoms with Crippen molar-refractivity contribution in [2.75, 3.05) is 13.2 Å². The first-order valence-electron chi connectivity index (χ1n) is 5.76. The lowest BCUT2D eigenvalue weighted by molar-refractivity contribution is -0.172. The van der Waals surface area contributed by atoms with E-state index in [0.29, 0.717) is 19.3 Å². The van der Waals surface area contributed by atoms with Crippen LogP contribution in [0.5, 0.6) is 0 Å². The van der Waals surface area contributed by atoms with Gasteiger partial charge in [-0.2, -0.15) is 0 Å². The van der Waals surface area contributed by atoms with Gasteiger partial charge >= 0.3 is 17.9 Å². The van der Waals surface area contributed by atoms with Crippen LogP contribution < -0.4 is 0 Å². The second kappa shape index (κ2) is 8.44. The zero-order valence-electron chi connectivity index (χ0n) is 10.4. The number of hydrogen-bond donors (Lipinski definition) is 4. The van der Waals surface area contributed by atoms with E-state index in [4.69, 9.17) is 15.3 Å². The molecule has 8 nitrogen and oxygen atoms in total. The summed E-state index contributed by atoms with van der Waals surface area (Å²) in [5.41, 5.74) is -2.66. The molecule has 19 heavy (non-hydrogen) atoms. The van der Waals surface area contributed by atoms with Gasteiger partial charge in [-0.25, -0.2) is 4.79 Å². The molecule has 1 atom stereocenters. The summed E-state index contributed by atoms with van der Waals surface area (Å²) in [5.74, 6) is -4.29. The van der Waals surface area contributed by atoms with Crippen LogP contribution in [0.15, 0.2) is 0 Å². The molecule has 0 fully saturated rings. The van der Waals surface area contributed by atoms with E-state index >= 15 is 0 Å². The normalized spacial score (nSPS) is 13.6. The van der Waals surface area contributed by atoms with Crippen molar-refractivity contribution in [2.45, 2.75) is 37.7 Å². The molecule has 0 aromatic heterocycles. The van der Waals surface area contributed by atoms with Crippen molar-refractivity contribution in [1.29, 1.82) is 0 Å². The van der Waals surface area contributed by atoms with Gasteiger partial charge in [0, 0.05) is 6.61 Å². The second-order valence-electron chi connectivity index (χ2n) is 4.09. The van der Waals surface area contributed by atoms with Crippen molar-refractivity contribution < 1.29 is 39.5 Å². The van der Waals surface area contributed by atoms with Gasteiger partial charge in [0.05, 0.1) is 19.4 Å². The van der Waals surface area contributed by atoms with E-state index in [1.807, 2.05) is 0 Å². The Kier molecular flexibility index (Phi) is 7.69. The molecule has 0 saturated carbocycles. The Morgan fingerprint density at radius 1 is 1.00 bits per heavy atom. The molecule has 0 rings (SSSR count). The highest BCUT2D eigenvalue weighted by atomic mass is 16.5. The molecular weight excluding hydrogens is 260 g/mol.